The minimum absolute atomic E-state index is 0.0686. The SMILES string of the molecule is CCC(C)(C)P(CCOc1ccccc1)C(C)(C)CC. The molecule has 0 heterocycles. The first-order valence-corrected chi connectivity index (χ1v) is 9.32. The van der Waals surface area contributed by atoms with Gasteiger partial charge in [0, 0.05) is 6.16 Å². The van der Waals surface area contributed by atoms with E-state index in [0.717, 1.165) is 12.4 Å². The molecule has 0 amide bonds. The summed E-state index contributed by atoms with van der Waals surface area (Å²) in [6, 6.07) is 10.2. The summed E-state index contributed by atoms with van der Waals surface area (Å²) in [6.07, 6.45) is 3.67. The summed E-state index contributed by atoms with van der Waals surface area (Å²) in [5, 5.41) is 0.851. The fourth-order valence-corrected chi connectivity index (χ4v) is 6.46. The number of rotatable bonds is 8. The summed E-state index contributed by atoms with van der Waals surface area (Å²) in [6.45, 7) is 15.2. The molecule has 0 bridgehead atoms. The Kier molecular flexibility index (Phi) is 6.52. The van der Waals surface area contributed by atoms with E-state index in [0.29, 0.717) is 10.3 Å². The highest BCUT2D eigenvalue weighted by atomic mass is 31.1. The number of para-hydroxylation sites is 1. The zero-order chi connectivity index (χ0) is 15.2. The molecule has 1 nitrogen and oxygen atoms in total. The van der Waals surface area contributed by atoms with Crippen molar-refractivity contribution < 1.29 is 4.74 Å². The van der Waals surface area contributed by atoms with E-state index < -0.39 is 0 Å². The lowest BCUT2D eigenvalue weighted by Gasteiger charge is -2.45. The average molecular weight is 294 g/mol. The van der Waals surface area contributed by atoms with E-state index in [4.69, 9.17) is 4.74 Å². The molecule has 0 aromatic heterocycles. The van der Waals surface area contributed by atoms with Crippen LogP contribution in [0.25, 0.3) is 0 Å². The third-order valence-electron chi connectivity index (χ3n) is 4.52. The fourth-order valence-electron chi connectivity index (χ4n) is 2.58. The minimum atomic E-state index is -0.0686. The molecule has 0 radical (unpaired) electrons. The Morgan fingerprint density at radius 3 is 1.85 bits per heavy atom. The Labute approximate surface area is 126 Å². The summed E-state index contributed by atoms with van der Waals surface area (Å²) < 4.78 is 5.93. The van der Waals surface area contributed by atoms with Crippen LogP contribution in [-0.4, -0.2) is 23.1 Å². The number of hydrogen-bond acceptors (Lipinski definition) is 1. The first kappa shape index (κ1) is 17.5. The average Bonchev–Trinajstić information content (AvgIpc) is 2.44. The van der Waals surface area contributed by atoms with Crippen LogP contribution in [0.5, 0.6) is 5.75 Å². The topological polar surface area (TPSA) is 9.23 Å². The zero-order valence-corrected chi connectivity index (χ0v) is 15.0. The van der Waals surface area contributed by atoms with Gasteiger partial charge in [-0.2, -0.15) is 0 Å². The van der Waals surface area contributed by atoms with Gasteiger partial charge in [0.15, 0.2) is 0 Å². The second-order valence-corrected chi connectivity index (χ2v) is 10.4. The van der Waals surface area contributed by atoms with Crippen molar-refractivity contribution in [1.82, 2.24) is 0 Å². The van der Waals surface area contributed by atoms with E-state index in [1.54, 1.807) is 0 Å². The molecule has 0 aliphatic carbocycles. The molecule has 2 heteroatoms. The van der Waals surface area contributed by atoms with Crippen molar-refractivity contribution in [3.8, 4) is 5.75 Å². The molecular formula is C18H31OP. The van der Waals surface area contributed by atoms with Gasteiger partial charge >= 0.3 is 0 Å². The van der Waals surface area contributed by atoms with E-state index >= 15 is 0 Å². The molecule has 0 saturated heterocycles. The van der Waals surface area contributed by atoms with Crippen LogP contribution in [0.3, 0.4) is 0 Å². The van der Waals surface area contributed by atoms with E-state index in [-0.39, 0.29) is 7.92 Å². The summed E-state index contributed by atoms with van der Waals surface area (Å²) >= 11 is 0. The molecule has 114 valence electrons. The predicted octanol–water partition coefficient (Wildman–Crippen LogP) is 5.92. The number of hydrogen-bond donors (Lipinski definition) is 0. The molecule has 0 aliphatic rings. The van der Waals surface area contributed by atoms with Gasteiger partial charge in [0.05, 0.1) is 6.61 Å². The minimum Gasteiger partial charge on any atom is -0.493 e. The molecule has 0 saturated carbocycles. The van der Waals surface area contributed by atoms with Crippen LogP contribution in [0.1, 0.15) is 54.4 Å². The molecule has 0 fully saturated rings. The maximum atomic E-state index is 5.93. The maximum Gasteiger partial charge on any atom is 0.119 e. The van der Waals surface area contributed by atoms with Gasteiger partial charge in [-0.05, 0) is 35.3 Å². The van der Waals surface area contributed by atoms with Crippen molar-refractivity contribution in [2.45, 2.75) is 64.7 Å². The molecule has 1 rings (SSSR count). The van der Waals surface area contributed by atoms with Crippen molar-refractivity contribution in [2.75, 3.05) is 12.8 Å². The molecule has 0 atom stereocenters. The van der Waals surface area contributed by atoms with Gasteiger partial charge in [-0.15, -0.1) is 0 Å². The molecular weight excluding hydrogens is 263 g/mol. The lowest BCUT2D eigenvalue weighted by atomic mass is 10.1. The lowest BCUT2D eigenvalue weighted by Crippen LogP contribution is -2.31. The van der Waals surface area contributed by atoms with Crippen molar-refractivity contribution in [3.63, 3.8) is 0 Å². The first-order valence-electron chi connectivity index (χ1n) is 7.79. The van der Waals surface area contributed by atoms with Gasteiger partial charge in [0.2, 0.25) is 0 Å². The Balaban J connectivity index is 2.67. The van der Waals surface area contributed by atoms with Crippen LogP contribution in [0.15, 0.2) is 30.3 Å². The van der Waals surface area contributed by atoms with Gasteiger partial charge in [0.25, 0.3) is 0 Å². The summed E-state index contributed by atoms with van der Waals surface area (Å²) in [5.74, 6) is 0.992. The van der Waals surface area contributed by atoms with Crippen LogP contribution in [-0.2, 0) is 0 Å². The smallest absolute Gasteiger partial charge is 0.119 e. The van der Waals surface area contributed by atoms with E-state index in [2.05, 4.69) is 41.5 Å². The Morgan fingerprint density at radius 1 is 0.900 bits per heavy atom. The summed E-state index contributed by atoms with van der Waals surface area (Å²) in [5.41, 5.74) is 0. The van der Waals surface area contributed by atoms with Crippen molar-refractivity contribution in [3.05, 3.63) is 30.3 Å². The van der Waals surface area contributed by atoms with Gasteiger partial charge in [-0.3, -0.25) is 0 Å². The van der Waals surface area contributed by atoms with Gasteiger partial charge in [-0.1, -0.05) is 67.7 Å². The van der Waals surface area contributed by atoms with E-state index in [1.807, 2.05) is 30.3 Å². The zero-order valence-electron chi connectivity index (χ0n) is 14.1. The van der Waals surface area contributed by atoms with E-state index in [9.17, 15) is 0 Å². The Bertz CT molecular complexity index is 368. The van der Waals surface area contributed by atoms with E-state index in [1.165, 1.54) is 19.0 Å². The summed E-state index contributed by atoms with van der Waals surface area (Å²) in [7, 11) is -0.0686. The quantitative estimate of drug-likeness (QED) is 0.540. The van der Waals surface area contributed by atoms with Crippen molar-refractivity contribution in [2.24, 2.45) is 0 Å². The molecule has 1 aromatic rings. The predicted molar refractivity (Wildman–Crippen MR) is 92.5 cm³/mol. The third-order valence-corrected chi connectivity index (χ3v) is 8.70. The Morgan fingerprint density at radius 2 is 1.40 bits per heavy atom. The normalized spacial score (nSPS) is 12.8. The molecule has 20 heavy (non-hydrogen) atoms. The summed E-state index contributed by atoms with van der Waals surface area (Å²) in [4.78, 5) is 0. The van der Waals surface area contributed by atoms with Crippen LogP contribution in [0.2, 0.25) is 0 Å². The van der Waals surface area contributed by atoms with Crippen molar-refractivity contribution in [1.29, 1.82) is 0 Å². The molecule has 0 spiro atoms. The molecule has 1 aromatic carbocycles. The first-order chi connectivity index (χ1) is 9.33. The third kappa shape index (κ3) is 4.77. The van der Waals surface area contributed by atoms with Crippen LogP contribution in [0, 0.1) is 0 Å². The molecule has 0 unspecified atom stereocenters. The monoisotopic (exact) mass is 294 g/mol. The van der Waals surface area contributed by atoms with Gasteiger partial charge in [-0.25, -0.2) is 0 Å². The Hall–Kier alpha value is -0.550. The standard InChI is InChI=1S/C18H31OP/c1-7-17(3,4)20(18(5,6)8-2)15-14-19-16-12-10-9-11-13-16/h9-13H,7-8,14-15H2,1-6H3. The van der Waals surface area contributed by atoms with Gasteiger partial charge in [0.1, 0.15) is 5.75 Å². The highest BCUT2D eigenvalue weighted by molar-refractivity contribution is 7.60. The largest absolute Gasteiger partial charge is 0.493 e. The maximum absolute atomic E-state index is 5.93. The molecule has 0 aliphatic heterocycles. The van der Waals surface area contributed by atoms with Crippen LogP contribution in [0.4, 0.5) is 0 Å². The number of benzene rings is 1. The second-order valence-electron chi connectivity index (χ2n) is 6.65. The number of ether oxygens (including phenoxy) is 1. The van der Waals surface area contributed by atoms with Crippen LogP contribution < -0.4 is 4.74 Å². The highest BCUT2D eigenvalue weighted by Crippen LogP contribution is 2.61. The van der Waals surface area contributed by atoms with Gasteiger partial charge < -0.3 is 4.74 Å². The van der Waals surface area contributed by atoms with Crippen molar-refractivity contribution >= 4 is 7.92 Å². The highest BCUT2D eigenvalue weighted by Gasteiger charge is 2.37. The lowest BCUT2D eigenvalue weighted by molar-refractivity contribution is 0.341. The fraction of sp³-hybridized carbons (Fsp3) is 0.667. The van der Waals surface area contributed by atoms with Crippen LogP contribution >= 0.6 is 7.92 Å². The molecule has 0 N–H and O–H groups in total. The second kappa shape index (κ2) is 7.46.